The van der Waals surface area contributed by atoms with Gasteiger partial charge in [-0.15, -0.1) is 0 Å². The number of amides is 1. The Balaban J connectivity index is 2.77. The average molecular weight is 318 g/mol. The van der Waals surface area contributed by atoms with Crippen molar-refractivity contribution in [2.45, 2.75) is 25.3 Å². The summed E-state index contributed by atoms with van der Waals surface area (Å²) in [6.45, 7) is 0. The second-order valence-electron chi connectivity index (χ2n) is 4.69. The standard InChI is InChI=1S/C16H18N2O5/c1-22-15(20)8-7-14(19)18-13(16(21)23-2)9-11-5-3-4-6-12(11)10-17/h3-6,13H,7-9H2,1-2H3,(H,18,19)/t13-/m1/s1. The highest BCUT2D eigenvalue weighted by Crippen LogP contribution is 2.11. The van der Waals surface area contributed by atoms with Gasteiger partial charge >= 0.3 is 11.9 Å². The van der Waals surface area contributed by atoms with E-state index in [-0.39, 0.29) is 19.3 Å². The maximum Gasteiger partial charge on any atom is 0.328 e. The molecule has 122 valence electrons. The van der Waals surface area contributed by atoms with E-state index in [9.17, 15) is 14.4 Å². The molecule has 0 aliphatic rings. The quantitative estimate of drug-likeness (QED) is 0.742. The van der Waals surface area contributed by atoms with E-state index in [1.165, 1.54) is 14.2 Å². The average Bonchev–Trinajstić information content (AvgIpc) is 2.58. The molecule has 23 heavy (non-hydrogen) atoms. The number of esters is 2. The van der Waals surface area contributed by atoms with Crippen LogP contribution in [0.1, 0.15) is 24.0 Å². The first-order valence-electron chi connectivity index (χ1n) is 6.93. The molecule has 0 saturated heterocycles. The number of benzene rings is 1. The maximum absolute atomic E-state index is 11.8. The molecule has 7 heteroatoms. The van der Waals surface area contributed by atoms with Crippen molar-refractivity contribution in [2.75, 3.05) is 14.2 Å². The number of ether oxygens (including phenoxy) is 2. The van der Waals surface area contributed by atoms with Gasteiger partial charge in [0, 0.05) is 12.8 Å². The SMILES string of the molecule is COC(=O)CCC(=O)N[C@H](Cc1ccccc1C#N)C(=O)OC. The molecule has 0 fully saturated rings. The van der Waals surface area contributed by atoms with Crippen LogP contribution >= 0.6 is 0 Å². The van der Waals surface area contributed by atoms with Gasteiger partial charge in [0.15, 0.2) is 0 Å². The van der Waals surface area contributed by atoms with Gasteiger partial charge in [-0.3, -0.25) is 9.59 Å². The van der Waals surface area contributed by atoms with Gasteiger partial charge in [-0.05, 0) is 11.6 Å². The third kappa shape index (κ3) is 5.79. The molecule has 0 aliphatic heterocycles. The molecule has 1 amide bonds. The van der Waals surface area contributed by atoms with Gasteiger partial charge in [0.25, 0.3) is 0 Å². The van der Waals surface area contributed by atoms with Gasteiger partial charge in [-0.1, -0.05) is 18.2 Å². The molecular weight excluding hydrogens is 300 g/mol. The summed E-state index contributed by atoms with van der Waals surface area (Å²) in [4.78, 5) is 34.7. The predicted octanol–water partition coefficient (Wildman–Crippen LogP) is 0.712. The molecule has 1 atom stereocenters. The van der Waals surface area contributed by atoms with Gasteiger partial charge in [0.05, 0.1) is 32.3 Å². The summed E-state index contributed by atoms with van der Waals surface area (Å²) in [6.07, 6.45) is -0.0502. The molecule has 0 radical (unpaired) electrons. The van der Waals surface area contributed by atoms with Gasteiger partial charge in [-0.2, -0.15) is 5.26 Å². The number of carbonyl (C=O) groups is 3. The summed E-state index contributed by atoms with van der Waals surface area (Å²) in [5.41, 5.74) is 1.05. The largest absolute Gasteiger partial charge is 0.469 e. The van der Waals surface area contributed by atoms with Crippen molar-refractivity contribution in [3.63, 3.8) is 0 Å². The summed E-state index contributed by atoms with van der Waals surface area (Å²) in [5.74, 6) is -1.60. The first-order valence-corrected chi connectivity index (χ1v) is 6.93. The molecule has 1 aromatic rings. The smallest absolute Gasteiger partial charge is 0.328 e. The van der Waals surface area contributed by atoms with Crippen molar-refractivity contribution < 1.29 is 23.9 Å². The van der Waals surface area contributed by atoms with Crippen molar-refractivity contribution in [1.82, 2.24) is 5.32 Å². The summed E-state index contributed by atoms with van der Waals surface area (Å²) in [6, 6.07) is 7.89. The van der Waals surface area contributed by atoms with Crippen LogP contribution in [0.15, 0.2) is 24.3 Å². The number of methoxy groups -OCH3 is 2. The number of nitriles is 1. The molecule has 1 rings (SSSR count). The number of nitrogens with zero attached hydrogens (tertiary/aromatic N) is 1. The highest BCUT2D eigenvalue weighted by molar-refractivity contribution is 5.86. The van der Waals surface area contributed by atoms with Crippen molar-refractivity contribution in [3.05, 3.63) is 35.4 Å². The van der Waals surface area contributed by atoms with Crippen LogP contribution in [0.4, 0.5) is 0 Å². The predicted molar refractivity (Wildman–Crippen MR) is 80.1 cm³/mol. The third-order valence-electron chi connectivity index (χ3n) is 3.17. The van der Waals surface area contributed by atoms with E-state index >= 15 is 0 Å². The van der Waals surface area contributed by atoms with E-state index < -0.39 is 23.9 Å². The Morgan fingerprint density at radius 2 is 1.87 bits per heavy atom. The minimum atomic E-state index is -0.931. The van der Waals surface area contributed by atoms with Crippen LogP contribution in [-0.4, -0.2) is 38.1 Å². The van der Waals surface area contributed by atoms with Crippen LogP contribution in [0, 0.1) is 11.3 Å². The zero-order valence-electron chi connectivity index (χ0n) is 13.0. The third-order valence-corrected chi connectivity index (χ3v) is 3.17. The molecule has 0 saturated carbocycles. The fraction of sp³-hybridized carbons (Fsp3) is 0.375. The molecule has 0 bridgehead atoms. The summed E-state index contributed by atoms with van der Waals surface area (Å²) < 4.78 is 9.13. The topological polar surface area (TPSA) is 105 Å². The number of hydrogen-bond acceptors (Lipinski definition) is 6. The number of hydrogen-bond donors (Lipinski definition) is 1. The molecule has 0 spiro atoms. The van der Waals surface area contributed by atoms with Crippen molar-refractivity contribution in [1.29, 1.82) is 5.26 Å². The van der Waals surface area contributed by atoms with E-state index in [4.69, 9.17) is 5.26 Å². The van der Waals surface area contributed by atoms with Crippen molar-refractivity contribution >= 4 is 17.8 Å². The zero-order chi connectivity index (χ0) is 17.2. The first kappa shape index (κ1) is 18.2. The van der Waals surface area contributed by atoms with Crippen molar-refractivity contribution in [3.8, 4) is 6.07 Å². The van der Waals surface area contributed by atoms with Gasteiger partial charge in [-0.25, -0.2) is 4.79 Å². The Morgan fingerprint density at radius 3 is 2.48 bits per heavy atom. The number of carbonyl (C=O) groups excluding carboxylic acids is 3. The summed E-state index contributed by atoms with van der Waals surface area (Å²) >= 11 is 0. The monoisotopic (exact) mass is 318 g/mol. The number of nitrogens with one attached hydrogen (secondary N) is 1. The fourth-order valence-electron chi connectivity index (χ4n) is 1.95. The van der Waals surface area contributed by atoms with Crippen LogP contribution in [0.25, 0.3) is 0 Å². The Labute approximate surface area is 134 Å². The summed E-state index contributed by atoms with van der Waals surface area (Å²) in [7, 11) is 2.45. The Bertz CT molecular complexity index is 621. The van der Waals surface area contributed by atoms with E-state index in [0.29, 0.717) is 11.1 Å². The maximum atomic E-state index is 11.8. The van der Waals surface area contributed by atoms with Crippen LogP contribution < -0.4 is 5.32 Å². The van der Waals surface area contributed by atoms with Crippen LogP contribution in [0.3, 0.4) is 0 Å². The van der Waals surface area contributed by atoms with Crippen LogP contribution in [0.5, 0.6) is 0 Å². The molecule has 0 unspecified atom stereocenters. The van der Waals surface area contributed by atoms with Gasteiger partial charge in [0.2, 0.25) is 5.91 Å². The van der Waals surface area contributed by atoms with Gasteiger partial charge < -0.3 is 14.8 Å². The minimum Gasteiger partial charge on any atom is -0.469 e. The lowest BCUT2D eigenvalue weighted by Gasteiger charge is -2.17. The highest BCUT2D eigenvalue weighted by atomic mass is 16.5. The van der Waals surface area contributed by atoms with Crippen LogP contribution in [0.2, 0.25) is 0 Å². The summed E-state index contributed by atoms with van der Waals surface area (Å²) in [5, 5.41) is 11.6. The molecule has 7 nitrogen and oxygen atoms in total. The van der Waals surface area contributed by atoms with Crippen LogP contribution in [-0.2, 0) is 30.3 Å². The lowest BCUT2D eigenvalue weighted by molar-refractivity contribution is -0.145. The lowest BCUT2D eigenvalue weighted by atomic mass is 10.0. The molecular formula is C16H18N2O5. The molecule has 0 aliphatic carbocycles. The molecule has 1 N–H and O–H groups in total. The minimum absolute atomic E-state index is 0.0784. The van der Waals surface area contributed by atoms with E-state index in [1.54, 1.807) is 24.3 Å². The Morgan fingerprint density at radius 1 is 1.17 bits per heavy atom. The van der Waals surface area contributed by atoms with E-state index in [0.717, 1.165) is 0 Å². The molecule has 1 aromatic carbocycles. The second kappa shape index (κ2) is 9.20. The Hall–Kier alpha value is -2.88. The van der Waals surface area contributed by atoms with E-state index in [1.807, 2.05) is 6.07 Å². The second-order valence-corrected chi connectivity index (χ2v) is 4.69. The van der Waals surface area contributed by atoms with Crippen molar-refractivity contribution in [2.24, 2.45) is 0 Å². The lowest BCUT2D eigenvalue weighted by Crippen LogP contribution is -2.43. The normalized spacial score (nSPS) is 11.0. The highest BCUT2D eigenvalue weighted by Gasteiger charge is 2.23. The molecule has 0 heterocycles. The zero-order valence-corrected chi connectivity index (χ0v) is 13.0. The Kier molecular flexibility index (Phi) is 7.27. The fourth-order valence-corrected chi connectivity index (χ4v) is 1.95. The number of rotatable bonds is 7. The first-order chi connectivity index (χ1) is 11.0. The van der Waals surface area contributed by atoms with Gasteiger partial charge in [0.1, 0.15) is 6.04 Å². The molecule has 0 aromatic heterocycles. The van der Waals surface area contributed by atoms with E-state index in [2.05, 4.69) is 14.8 Å².